The van der Waals surface area contributed by atoms with Crippen LogP contribution in [0, 0.1) is 0 Å². The molecule has 1 atom stereocenters. The van der Waals surface area contributed by atoms with E-state index < -0.39 is 0 Å². The van der Waals surface area contributed by atoms with Crippen molar-refractivity contribution >= 4 is 15.9 Å². The second kappa shape index (κ2) is 7.61. The van der Waals surface area contributed by atoms with Crippen molar-refractivity contribution in [2.24, 2.45) is 0 Å². The van der Waals surface area contributed by atoms with Gasteiger partial charge in [-0.05, 0) is 19.1 Å². The molecule has 0 heterocycles. The van der Waals surface area contributed by atoms with E-state index in [4.69, 9.17) is 14.2 Å². The molecule has 0 spiro atoms. The Labute approximate surface area is 117 Å². The second-order valence-corrected chi connectivity index (χ2v) is 5.03. The van der Waals surface area contributed by atoms with E-state index >= 15 is 0 Å². The smallest absolute Gasteiger partial charge is 0.161 e. The average Bonchev–Trinajstić information content (AvgIpc) is 2.37. The fourth-order valence-electron chi connectivity index (χ4n) is 1.71. The maximum atomic E-state index is 5.30. The van der Waals surface area contributed by atoms with Gasteiger partial charge in [-0.3, -0.25) is 0 Å². The molecule has 0 radical (unpaired) electrons. The van der Waals surface area contributed by atoms with Gasteiger partial charge in [0.1, 0.15) is 12.6 Å². The summed E-state index contributed by atoms with van der Waals surface area (Å²) >= 11 is 3.55. The molecule has 0 aromatic heterocycles. The maximum Gasteiger partial charge on any atom is 0.161 e. The minimum Gasteiger partial charge on any atom is -0.493 e. The molecule has 2 N–H and O–H groups in total. The fourth-order valence-corrected chi connectivity index (χ4v) is 2.20. The normalized spacial score (nSPS) is 12.3. The Bertz CT molecular complexity index is 385. The minimum atomic E-state index is 0.426. The molecule has 0 bridgehead atoms. The molecule has 18 heavy (non-hydrogen) atoms. The number of methoxy groups -OCH3 is 3. The van der Waals surface area contributed by atoms with E-state index in [9.17, 15) is 0 Å². The number of hydrogen-bond donors (Lipinski definition) is 1. The summed E-state index contributed by atoms with van der Waals surface area (Å²) in [6.45, 7) is 3.74. The van der Waals surface area contributed by atoms with E-state index in [0.29, 0.717) is 6.04 Å². The van der Waals surface area contributed by atoms with Crippen molar-refractivity contribution in [3.05, 3.63) is 22.2 Å². The van der Waals surface area contributed by atoms with Crippen LogP contribution in [0.25, 0.3) is 0 Å². The van der Waals surface area contributed by atoms with Gasteiger partial charge in [0.05, 0.1) is 20.8 Å². The van der Waals surface area contributed by atoms with Gasteiger partial charge >= 0.3 is 0 Å². The monoisotopic (exact) mass is 318 g/mol. The molecule has 0 saturated heterocycles. The first-order chi connectivity index (χ1) is 8.62. The Morgan fingerprint density at radius 2 is 1.78 bits per heavy atom. The van der Waals surface area contributed by atoms with Crippen LogP contribution in [0.5, 0.6) is 11.5 Å². The molecule has 5 heteroatoms. The Morgan fingerprint density at radius 1 is 1.17 bits per heavy atom. The van der Waals surface area contributed by atoms with Crippen LogP contribution in [-0.4, -0.2) is 34.0 Å². The SMILES string of the molecule is COC[C@@H](C)[NH2+]Cc1cc(OC)c(OC)cc1Br. The van der Waals surface area contributed by atoms with Crippen LogP contribution < -0.4 is 14.8 Å². The summed E-state index contributed by atoms with van der Waals surface area (Å²) in [4.78, 5) is 0. The number of quaternary nitrogens is 1. The number of halogens is 1. The van der Waals surface area contributed by atoms with Crippen LogP contribution in [0.2, 0.25) is 0 Å². The van der Waals surface area contributed by atoms with E-state index in [-0.39, 0.29) is 0 Å². The maximum absolute atomic E-state index is 5.30. The van der Waals surface area contributed by atoms with E-state index in [1.165, 1.54) is 5.56 Å². The van der Waals surface area contributed by atoms with Crippen LogP contribution in [0.3, 0.4) is 0 Å². The Balaban J connectivity index is 2.76. The highest BCUT2D eigenvalue weighted by Crippen LogP contribution is 2.32. The largest absolute Gasteiger partial charge is 0.493 e. The minimum absolute atomic E-state index is 0.426. The Kier molecular flexibility index (Phi) is 6.46. The number of nitrogens with two attached hydrogens (primary N) is 1. The van der Waals surface area contributed by atoms with Crippen molar-refractivity contribution < 1.29 is 19.5 Å². The van der Waals surface area contributed by atoms with Gasteiger partial charge < -0.3 is 19.5 Å². The quantitative estimate of drug-likeness (QED) is 0.830. The van der Waals surface area contributed by atoms with Gasteiger partial charge in [-0.25, -0.2) is 0 Å². The zero-order valence-electron chi connectivity index (χ0n) is 11.3. The topological polar surface area (TPSA) is 44.3 Å². The first-order valence-corrected chi connectivity index (χ1v) is 6.64. The van der Waals surface area contributed by atoms with E-state index in [1.54, 1.807) is 21.3 Å². The van der Waals surface area contributed by atoms with Crippen LogP contribution in [0.4, 0.5) is 0 Å². The third-order valence-electron chi connectivity index (χ3n) is 2.72. The van der Waals surface area contributed by atoms with Crippen molar-refractivity contribution in [3.8, 4) is 11.5 Å². The molecule has 0 fully saturated rings. The standard InChI is InChI=1S/C13H20BrNO3/c1-9(8-16-2)15-7-10-5-12(17-3)13(18-4)6-11(10)14/h5-6,9,15H,7-8H2,1-4H3/p+1/t9-/m1/s1. The van der Waals surface area contributed by atoms with Gasteiger partial charge in [0.15, 0.2) is 11.5 Å². The molecule has 4 nitrogen and oxygen atoms in total. The summed E-state index contributed by atoms with van der Waals surface area (Å²) in [7, 11) is 5.00. The van der Waals surface area contributed by atoms with Crippen LogP contribution in [-0.2, 0) is 11.3 Å². The zero-order valence-corrected chi connectivity index (χ0v) is 12.9. The summed E-state index contributed by atoms with van der Waals surface area (Å²) in [6, 6.07) is 4.36. The lowest BCUT2D eigenvalue weighted by Gasteiger charge is -2.13. The second-order valence-electron chi connectivity index (χ2n) is 4.17. The number of benzene rings is 1. The van der Waals surface area contributed by atoms with Gasteiger partial charge in [0, 0.05) is 17.1 Å². The van der Waals surface area contributed by atoms with Crippen molar-refractivity contribution in [1.29, 1.82) is 0 Å². The lowest BCUT2D eigenvalue weighted by molar-refractivity contribution is -0.702. The molecular weight excluding hydrogens is 298 g/mol. The first kappa shape index (κ1) is 15.3. The molecule has 102 valence electrons. The fraction of sp³-hybridized carbons (Fsp3) is 0.538. The van der Waals surface area contributed by atoms with Gasteiger partial charge in [-0.15, -0.1) is 0 Å². The van der Waals surface area contributed by atoms with Crippen LogP contribution >= 0.6 is 15.9 Å². The van der Waals surface area contributed by atoms with Crippen LogP contribution in [0.15, 0.2) is 16.6 Å². The lowest BCUT2D eigenvalue weighted by atomic mass is 10.2. The summed E-state index contributed by atoms with van der Waals surface area (Å²) in [5, 5.41) is 2.23. The summed E-state index contributed by atoms with van der Waals surface area (Å²) < 4.78 is 16.7. The molecule has 1 aromatic rings. The summed E-state index contributed by atoms with van der Waals surface area (Å²) in [6.07, 6.45) is 0. The summed E-state index contributed by atoms with van der Waals surface area (Å²) in [5.74, 6) is 1.49. The molecule has 1 rings (SSSR count). The molecule has 0 aliphatic carbocycles. The van der Waals surface area contributed by atoms with Crippen molar-refractivity contribution in [3.63, 3.8) is 0 Å². The number of ether oxygens (including phenoxy) is 3. The lowest BCUT2D eigenvalue weighted by Crippen LogP contribution is -2.88. The molecule has 0 unspecified atom stereocenters. The van der Waals surface area contributed by atoms with E-state index in [1.807, 2.05) is 12.1 Å². The molecule has 1 aromatic carbocycles. The molecule has 0 aliphatic rings. The Hall–Kier alpha value is -0.780. The summed E-state index contributed by atoms with van der Waals surface area (Å²) in [5.41, 5.74) is 1.18. The molecule has 0 amide bonds. The van der Waals surface area contributed by atoms with Crippen molar-refractivity contribution in [2.45, 2.75) is 19.5 Å². The van der Waals surface area contributed by atoms with Gasteiger partial charge in [-0.1, -0.05) is 15.9 Å². The first-order valence-electron chi connectivity index (χ1n) is 5.85. The van der Waals surface area contributed by atoms with Crippen molar-refractivity contribution in [1.82, 2.24) is 0 Å². The number of hydrogen-bond acceptors (Lipinski definition) is 3. The van der Waals surface area contributed by atoms with E-state index in [2.05, 4.69) is 28.2 Å². The predicted octanol–water partition coefficient (Wildman–Crippen LogP) is 1.56. The zero-order chi connectivity index (χ0) is 13.5. The number of rotatable bonds is 7. The molecule has 0 saturated carbocycles. The highest BCUT2D eigenvalue weighted by atomic mass is 79.9. The third-order valence-corrected chi connectivity index (χ3v) is 3.46. The van der Waals surface area contributed by atoms with Gasteiger partial charge in [0.25, 0.3) is 0 Å². The third kappa shape index (κ3) is 4.15. The Morgan fingerprint density at radius 3 is 2.33 bits per heavy atom. The van der Waals surface area contributed by atoms with E-state index in [0.717, 1.165) is 29.1 Å². The highest BCUT2D eigenvalue weighted by Gasteiger charge is 2.12. The van der Waals surface area contributed by atoms with Crippen molar-refractivity contribution in [2.75, 3.05) is 27.9 Å². The highest BCUT2D eigenvalue weighted by molar-refractivity contribution is 9.10. The predicted molar refractivity (Wildman–Crippen MR) is 74.2 cm³/mol. The average molecular weight is 319 g/mol. The van der Waals surface area contributed by atoms with Gasteiger partial charge in [0.2, 0.25) is 0 Å². The molecular formula is C13H21BrNO3+. The molecule has 0 aliphatic heterocycles. The van der Waals surface area contributed by atoms with Crippen LogP contribution in [0.1, 0.15) is 12.5 Å². The van der Waals surface area contributed by atoms with Gasteiger partial charge in [-0.2, -0.15) is 0 Å².